The zero-order chi connectivity index (χ0) is 8.81. The fourth-order valence-corrected chi connectivity index (χ4v) is 1.67. The van der Waals surface area contributed by atoms with Crippen LogP contribution in [0.5, 0.6) is 0 Å². The summed E-state index contributed by atoms with van der Waals surface area (Å²) in [5.41, 5.74) is 0. The van der Waals surface area contributed by atoms with Gasteiger partial charge in [0.05, 0.1) is 13.2 Å². The van der Waals surface area contributed by atoms with Crippen LogP contribution in [0.4, 0.5) is 0 Å². The minimum absolute atomic E-state index is 0.607. The zero-order valence-corrected chi connectivity index (χ0v) is 7.97. The van der Waals surface area contributed by atoms with E-state index in [9.17, 15) is 0 Å². The van der Waals surface area contributed by atoms with E-state index in [2.05, 4.69) is 16.7 Å². The van der Waals surface area contributed by atoms with Crippen LogP contribution in [0, 0.1) is 11.8 Å². The Morgan fingerprint density at radius 2 is 2.42 bits per heavy atom. The van der Waals surface area contributed by atoms with Crippen molar-refractivity contribution in [2.24, 2.45) is 0 Å². The van der Waals surface area contributed by atoms with Crippen LogP contribution in [0.15, 0.2) is 0 Å². The van der Waals surface area contributed by atoms with Crippen LogP contribution in [0.1, 0.15) is 19.8 Å². The van der Waals surface area contributed by atoms with Gasteiger partial charge in [-0.05, 0) is 26.3 Å². The standard InChI is InChI=1S/C10H17NO/c1-3-4-7-11-8-5-6-10(11)9-12-2/h10H,5-9H2,1-2H3. The predicted octanol–water partition coefficient (Wildman–Crippen LogP) is 1.12. The van der Waals surface area contributed by atoms with Crippen molar-refractivity contribution in [3.05, 3.63) is 0 Å². The topological polar surface area (TPSA) is 12.5 Å². The molecule has 1 saturated heterocycles. The maximum atomic E-state index is 5.15. The average Bonchev–Trinajstić information content (AvgIpc) is 2.50. The third-order valence-corrected chi connectivity index (χ3v) is 2.32. The second kappa shape index (κ2) is 5.18. The summed E-state index contributed by atoms with van der Waals surface area (Å²) < 4.78 is 5.15. The molecule has 68 valence electrons. The number of ether oxygens (including phenoxy) is 1. The van der Waals surface area contributed by atoms with Crippen molar-refractivity contribution in [2.45, 2.75) is 25.8 Å². The van der Waals surface area contributed by atoms with Gasteiger partial charge in [-0.2, -0.15) is 0 Å². The fourth-order valence-electron chi connectivity index (χ4n) is 1.67. The van der Waals surface area contributed by atoms with Gasteiger partial charge in [0.25, 0.3) is 0 Å². The molecular formula is C10H17NO. The van der Waals surface area contributed by atoms with Gasteiger partial charge in [-0.1, -0.05) is 5.92 Å². The van der Waals surface area contributed by atoms with Gasteiger partial charge >= 0.3 is 0 Å². The number of hydrogen-bond donors (Lipinski definition) is 0. The molecule has 0 aliphatic carbocycles. The number of hydrogen-bond acceptors (Lipinski definition) is 2. The molecule has 0 aromatic rings. The molecule has 0 radical (unpaired) electrons. The van der Waals surface area contributed by atoms with E-state index in [1.165, 1.54) is 19.4 Å². The van der Waals surface area contributed by atoms with E-state index in [1.807, 2.05) is 6.92 Å². The summed E-state index contributed by atoms with van der Waals surface area (Å²) in [5.74, 6) is 6.02. The third-order valence-electron chi connectivity index (χ3n) is 2.32. The van der Waals surface area contributed by atoms with Crippen LogP contribution < -0.4 is 0 Å². The Balaban J connectivity index is 2.33. The van der Waals surface area contributed by atoms with Crippen molar-refractivity contribution in [2.75, 3.05) is 26.8 Å². The highest BCUT2D eigenvalue weighted by Crippen LogP contribution is 2.16. The Kier molecular flexibility index (Phi) is 4.13. The van der Waals surface area contributed by atoms with Crippen molar-refractivity contribution in [3.63, 3.8) is 0 Å². The monoisotopic (exact) mass is 167 g/mol. The van der Waals surface area contributed by atoms with E-state index in [1.54, 1.807) is 7.11 Å². The summed E-state index contributed by atoms with van der Waals surface area (Å²) >= 11 is 0. The van der Waals surface area contributed by atoms with Crippen molar-refractivity contribution in [1.82, 2.24) is 4.90 Å². The molecule has 1 heterocycles. The molecule has 1 unspecified atom stereocenters. The van der Waals surface area contributed by atoms with Gasteiger partial charge in [0, 0.05) is 13.2 Å². The van der Waals surface area contributed by atoms with E-state index in [0.29, 0.717) is 6.04 Å². The Morgan fingerprint density at radius 1 is 1.58 bits per heavy atom. The summed E-state index contributed by atoms with van der Waals surface area (Å²) in [6.07, 6.45) is 2.55. The normalized spacial score (nSPS) is 23.7. The zero-order valence-electron chi connectivity index (χ0n) is 7.97. The van der Waals surface area contributed by atoms with Crippen LogP contribution in [-0.2, 0) is 4.74 Å². The van der Waals surface area contributed by atoms with Gasteiger partial charge in [0.15, 0.2) is 0 Å². The lowest BCUT2D eigenvalue weighted by atomic mass is 10.2. The molecule has 12 heavy (non-hydrogen) atoms. The van der Waals surface area contributed by atoms with Crippen molar-refractivity contribution in [1.29, 1.82) is 0 Å². The van der Waals surface area contributed by atoms with Crippen LogP contribution in [-0.4, -0.2) is 37.7 Å². The molecule has 0 amide bonds. The average molecular weight is 167 g/mol. The molecule has 1 atom stereocenters. The molecule has 0 spiro atoms. The van der Waals surface area contributed by atoms with Gasteiger partial charge in [-0.15, -0.1) is 5.92 Å². The van der Waals surface area contributed by atoms with Crippen molar-refractivity contribution < 1.29 is 4.74 Å². The van der Waals surface area contributed by atoms with E-state index >= 15 is 0 Å². The highest BCUT2D eigenvalue weighted by atomic mass is 16.5. The SMILES string of the molecule is CC#CCN1CCCC1COC. The van der Waals surface area contributed by atoms with Gasteiger partial charge in [0.2, 0.25) is 0 Å². The van der Waals surface area contributed by atoms with E-state index < -0.39 is 0 Å². The van der Waals surface area contributed by atoms with E-state index in [4.69, 9.17) is 4.74 Å². The second-order valence-corrected chi connectivity index (χ2v) is 3.15. The summed E-state index contributed by atoms with van der Waals surface area (Å²) in [6.45, 7) is 4.83. The summed E-state index contributed by atoms with van der Waals surface area (Å²) in [6, 6.07) is 0.607. The lowest BCUT2D eigenvalue weighted by Gasteiger charge is -2.20. The molecule has 1 aliphatic rings. The van der Waals surface area contributed by atoms with Gasteiger partial charge in [-0.3, -0.25) is 4.90 Å². The highest BCUT2D eigenvalue weighted by Gasteiger charge is 2.22. The maximum absolute atomic E-state index is 5.15. The Hall–Kier alpha value is -0.520. The fraction of sp³-hybridized carbons (Fsp3) is 0.800. The minimum atomic E-state index is 0.607. The molecule has 0 aromatic carbocycles. The van der Waals surface area contributed by atoms with Crippen LogP contribution in [0.2, 0.25) is 0 Å². The number of likely N-dealkylation sites (tertiary alicyclic amines) is 1. The van der Waals surface area contributed by atoms with Gasteiger partial charge in [-0.25, -0.2) is 0 Å². The first-order chi connectivity index (χ1) is 5.88. The molecule has 0 bridgehead atoms. The molecule has 2 nitrogen and oxygen atoms in total. The number of rotatable bonds is 3. The van der Waals surface area contributed by atoms with Gasteiger partial charge < -0.3 is 4.74 Å². The second-order valence-electron chi connectivity index (χ2n) is 3.15. The highest BCUT2D eigenvalue weighted by molar-refractivity contribution is 4.99. The molecule has 2 heteroatoms. The first kappa shape index (κ1) is 9.57. The molecule has 0 N–H and O–H groups in total. The molecule has 1 rings (SSSR count). The third kappa shape index (κ3) is 2.51. The van der Waals surface area contributed by atoms with Crippen LogP contribution in [0.3, 0.4) is 0 Å². The molecular weight excluding hydrogens is 150 g/mol. The smallest absolute Gasteiger partial charge is 0.0618 e. The van der Waals surface area contributed by atoms with Crippen LogP contribution >= 0.6 is 0 Å². The Morgan fingerprint density at radius 3 is 3.08 bits per heavy atom. The molecule has 0 aromatic heterocycles. The lowest BCUT2D eigenvalue weighted by molar-refractivity contribution is 0.123. The lowest BCUT2D eigenvalue weighted by Crippen LogP contribution is -2.33. The first-order valence-electron chi connectivity index (χ1n) is 4.51. The predicted molar refractivity (Wildman–Crippen MR) is 49.9 cm³/mol. The van der Waals surface area contributed by atoms with Gasteiger partial charge in [0.1, 0.15) is 0 Å². The summed E-state index contributed by atoms with van der Waals surface area (Å²) in [7, 11) is 1.77. The Labute approximate surface area is 74.9 Å². The van der Waals surface area contributed by atoms with Crippen molar-refractivity contribution in [3.8, 4) is 11.8 Å². The summed E-state index contributed by atoms with van der Waals surface area (Å²) in [5, 5.41) is 0. The van der Waals surface area contributed by atoms with Crippen molar-refractivity contribution >= 4 is 0 Å². The largest absolute Gasteiger partial charge is 0.383 e. The van der Waals surface area contributed by atoms with Crippen LogP contribution in [0.25, 0.3) is 0 Å². The molecule has 1 aliphatic heterocycles. The first-order valence-corrected chi connectivity index (χ1v) is 4.51. The van der Waals surface area contributed by atoms with E-state index in [-0.39, 0.29) is 0 Å². The molecule has 1 fully saturated rings. The van der Waals surface area contributed by atoms with E-state index in [0.717, 1.165) is 13.2 Å². The molecule has 0 saturated carbocycles. The number of methoxy groups -OCH3 is 1. The summed E-state index contributed by atoms with van der Waals surface area (Å²) in [4.78, 5) is 2.40. The maximum Gasteiger partial charge on any atom is 0.0618 e. The quantitative estimate of drug-likeness (QED) is 0.584. The Bertz CT molecular complexity index is 180. The minimum Gasteiger partial charge on any atom is -0.383 e. The number of nitrogens with zero attached hydrogens (tertiary/aromatic N) is 1.